The molecule has 0 aliphatic carbocycles. The van der Waals surface area contributed by atoms with Crippen molar-refractivity contribution in [2.45, 2.75) is 20.4 Å². The first-order valence-corrected chi connectivity index (χ1v) is 7.97. The van der Waals surface area contributed by atoms with E-state index in [1.165, 1.54) is 18.2 Å². The van der Waals surface area contributed by atoms with Crippen LogP contribution >= 0.6 is 0 Å². The Bertz CT molecular complexity index is 1030. The first-order chi connectivity index (χ1) is 12.3. The number of carbonyl (C=O) groups is 1. The Morgan fingerprint density at radius 1 is 1.19 bits per heavy atom. The second kappa shape index (κ2) is 6.79. The van der Waals surface area contributed by atoms with Crippen LogP contribution in [0.25, 0.3) is 10.9 Å². The van der Waals surface area contributed by atoms with Gasteiger partial charge in [0.2, 0.25) is 0 Å². The van der Waals surface area contributed by atoms with E-state index in [1.54, 1.807) is 6.07 Å². The van der Waals surface area contributed by atoms with Gasteiger partial charge in [0, 0.05) is 35.3 Å². The number of pyridine rings is 1. The molecule has 0 aliphatic rings. The molecule has 0 fully saturated rings. The van der Waals surface area contributed by atoms with Crippen molar-refractivity contribution in [1.82, 2.24) is 10.3 Å². The van der Waals surface area contributed by atoms with Crippen molar-refractivity contribution >= 4 is 22.5 Å². The Kier molecular flexibility index (Phi) is 4.53. The smallest absolute Gasteiger partial charge is 0.270 e. The van der Waals surface area contributed by atoms with Gasteiger partial charge in [-0.15, -0.1) is 0 Å². The van der Waals surface area contributed by atoms with E-state index in [9.17, 15) is 20.0 Å². The van der Waals surface area contributed by atoms with Crippen molar-refractivity contribution < 1.29 is 14.8 Å². The van der Waals surface area contributed by atoms with Gasteiger partial charge in [-0.05, 0) is 38.1 Å². The maximum absolute atomic E-state index is 12.7. The lowest BCUT2D eigenvalue weighted by Crippen LogP contribution is -2.23. The number of nitro groups is 1. The number of aromatic nitrogens is 1. The average Bonchev–Trinajstić information content (AvgIpc) is 2.60. The van der Waals surface area contributed by atoms with Crippen molar-refractivity contribution in [2.75, 3.05) is 0 Å². The largest absolute Gasteiger partial charge is 0.508 e. The van der Waals surface area contributed by atoms with Crippen LogP contribution in [0.15, 0.2) is 42.5 Å². The highest BCUT2D eigenvalue weighted by Crippen LogP contribution is 2.24. The molecule has 2 aromatic carbocycles. The van der Waals surface area contributed by atoms with E-state index in [-0.39, 0.29) is 29.5 Å². The van der Waals surface area contributed by atoms with Crippen molar-refractivity contribution in [3.8, 4) is 5.75 Å². The second-order valence-corrected chi connectivity index (χ2v) is 6.08. The van der Waals surface area contributed by atoms with Gasteiger partial charge in [-0.1, -0.05) is 11.6 Å². The van der Waals surface area contributed by atoms with Crippen LogP contribution in [-0.2, 0) is 6.54 Å². The number of nitrogens with zero attached hydrogens (tertiary/aromatic N) is 2. The number of amides is 1. The molecule has 7 heteroatoms. The number of carbonyl (C=O) groups excluding carboxylic acids is 1. The Labute approximate surface area is 149 Å². The second-order valence-electron chi connectivity index (χ2n) is 6.08. The molecule has 2 N–H and O–H groups in total. The van der Waals surface area contributed by atoms with Gasteiger partial charge in [-0.25, -0.2) is 0 Å². The maximum atomic E-state index is 12.7. The summed E-state index contributed by atoms with van der Waals surface area (Å²) in [4.78, 5) is 27.4. The van der Waals surface area contributed by atoms with Crippen LogP contribution in [0.5, 0.6) is 5.75 Å². The SMILES string of the molecule is Cc1ccc2nc(C)cc(C(=O)NCc3cc([N+](=O)[O-])ccc3O)c2c1. The van der Waals surface area contributed by atoms with E-state index in [2.05, 4.69) is 10.3 Å². The quantitative estimate of drug-likeness (QED) is 0.553. The molecule has 0 bridgehead atoms. The number of benzene rings is 2. The minimum atomic E-state index is -0.548. The number of phenols is 1. The molecule has 1 amide bonds. The average molecular weight is 351 g/mol. The zero-order valence-electron chi connectivity index (χ0n) is 14.3. The number of rotatable bonds is 4. The van der Waals surface area contributed by atoms with Gasteiger partial charge >= 0.3 is 0 Å². The first-order valence-electron chi connectivity index (χ1n) is 7.97. The summed E-state index contributed by atoms with van der Waals surface area (Å²) in [5.41, 5.74) is 3.05. The molecule has 1 aromatic heterocycles. The number of nitrogens with one attached hydrogen (secondary N) is 1. The highest BCUT2D eigenvalue weighted by Gasteiger charge is 2.15. The Balaban J connectivity index is 1.90. The van der Waals surface area contributed by atoms with Crippen LogP contribution in [0.2, 0.25) is 0 Å². The molecule has 0 aliphatic heterocycles. The third-order valence-electron chi connectivity index (χ3n) is 4.05. The first kappa shape index (κ1) is 17.3. The van der Waals surface area contributed by atoms with Crippen LogP contribution in [0.3, 0.4) is 0 Å². The van der Waals surface area contributed by atoms with E-state index in [0.29, 0.717) is 11.3 Å². The van der Waals surface area contributed by atoms with E-state index < -0.39 is 4.92 Å². The minimum absolute atomic E-state index is 0.0268. The number of non-ortho nitro benzene ring substituents is 1. The fourth-order valence-electron chi connectivity index (χ4n) is 2.76. The summed E-state index contributed by atoms with van der Waals surface area (Å²) < 4.78 is 0. The molecule has 0 spiro atoms. The summed E-state index contributed by atoms with van der Waals surface area (Å²) in [6, 6.07) is 11.1. The molecule has 0 saturated carbocycles. The number of aryl methyl sites for hydroxylation is 2. The third kappa shape index (κ3) is 3.46. The molecule has 0 unspecified atom stereocenters. The van der Waals surface area contributed by atoms with Crippen molar-refractivity contribution in [3.63, 3.8) is 0 Å². The van der Waals surface area contributed by atoms with Gasteiger partial charge in [0.1, 0.15) is 5.75 Å². The number of aromatic hydroxyl groups is 1. The highest BCUT2D eigenvalue weighted by atomic mass is 16.6. The number of fused-ring (bicyclic) bond motifs is 1. The molecule has 3 rings (SSSR count). The topological polar surface area (TPSA) is 105 Å². The van der Waals surface area contributed by atoms with Gasteiger partial charge in [0.05, 0.1) is 16.0 Å². The number of phenolic OH excluding ortho intramolecular Hbond substituents is 1. The lowest BCUT2D eigenvalue weighted by atomic mass is 10.0. The maximum Gasteiger partial charge on any atom is 0.270 e. The fourth-order valence-corrected chi connectivity index (χ4v) is 2.76. The van der Waals surface area contributed by atoms with Gasteiger partial charge in [0.25, 0.3) is 11.6 Å². The van der Waals surface area contributed by atoms with E-state index in [1.807, 2.05) is 32.0 Å². The number of hydrogen-bond donors (Lipinski definition) is 2. The Morgan fingerprint density at radius 2 is 1.96 bits per heavy atom. The Hall–Kier alpha value is -3.48. The van der Waals surface area contributed by atoms with E-state index >= 15 is 0 Å². The van der Waals surface area contributed by atoms with Crippen LogP contribution in [0, 0.1) is 24.0 Å². The lowest BCUT2D eigenvalue weighted by molar-refractivity contribution is -0.384. The summed E-state index contributed by atoms with van der Waals surface area (Å²) in [5, 5.41) is 24.2. The fraction of sp³-hybridized carbons (Fsp3) is 0.158. The van der Waals surface area contributed by atoms with Crippen molar-refractivity contribution in [1.29, 1.82) is 0 Å². The van der Waals surface area contributed by atoms with Crippen molar-refractivity contribution in [3.05, 3.63) is 75.0 Å². The standard InChI is InChI=1S/C19H17N3O4/c1-11-3-5-17-15(7-11)16(8-12(2)21-17)19(24)20-10-13-9-14(22(25)26)4-6-18(13)23/h3-9,23H,10H2,1-2H3,(H,20,24). The number of hydrogen-bond acceptors (Lipinski definition) is 5. The summed E-state index contributed by atoms with van der Waals surface area (Å²) in [7, 11) is 0. The predicted octanol–water partition coefficient (Wildman–Crippen LogP) is 3.40. The van der Waals surface area contributed by atoms with Gasteiger partial charge in [-0.2, -0.15) is 0 Å². The monoisotopic (exact) mass is 351 g/mol. The molecule has 0 atom stereocenters. The van der Waals surface area contributed by atoms with Crippen molar-refractivity contribution in [2.24, 2.45) is 0 Å². The Morgan fingerprint density at radius 3 is 2.69 bits per heavy atom. The predicted molar refractivity (Wildman–Crippen MR) is 97.1 cm³/mol. The third-order valence-corrected chi connectivity index (χ3v) is 4.05. The molecular weight excluding hydrogens is 334 g/mol. The van der Waals surface area contributed by atoms with Crippen LogP contribution < -0.4 is 5.32 Å². The van der Waals surface area contributed by atoms with Crippen LogP contribution in [0.1, 0.15) is 27.2 Å². The zero-order chi connectivity index (χ0) is 18.8. The molecule has 0 saturated heterocycles. The molecule has 0 radical (unpaired) electrons. The zero-order valence-corrected chi connectivity index (χ0v) is 14.3. The van der Waals surface area contributed by atoms with Gasteiger partial charge < -0.3 is 10.4 Å². The lowest BCUT2D eigenvalue weighted by Gasteiger charge is -2.10. The van der Waals surface area contributed by atoms with Crippen LogP contribution in [-0.4, -0.2) is 20.9 Å². The summed E-state index contributed by atoms with van der Waals surface area (Å²) in [5.74, 6) is -0.445. The van der Waals surface area contributed by atoms with E-state index in [0.717, 1.165) is 16.5 Å². The molecule has 7 nitrogen and oxygen atoms in total. The van der Waals surface area contributed by atoms with Gasteiger partial charge in [-0.3, -0.25) is 19.9 Å². The molecule has 1 heterocycles. The molecule has 26 heavy (non-hydrogen) atoms. The summed E-state index contributed by atoms with van der Waals surface area (Å²) in [6.07, 6.45) is 0. The van der Waals surface area contributed by atoms with Crippen LogP contribution in [0.4, 0.5) is 5.69 Å². The van der Waals surface area contributed by atoms with E-state index in [4.69, 9.17) is 0 Å². The molecule has 132 valence electrons. The highest BCUT2D eigenvalue weighted by molar-refractivity contribution is 6.06. The number of nitro benzene ring substituents is 1. The summed E-state index contributed by atoms with van der Waals surface area (Å²) in [6.45, 7) is 3.71. The summed E-state index contributed by atoms with van der Waals surface area (Å²) >= 11 is 0. The van der Waals surface area contributed by atoms with Gasteiger partial charge in [0.15, 0.2) is 0 Å². The molecule has 3 aromatic rings. The normalized spacial score (nSPS) is 10.7. The minimum Gasteiger partial charge on any atom is -0.508 e. The molecular formula is C19H17N3O4.